The zero-order valence-electron chi connectivity index (χ0n) is 12.3. The smallest absolute Gasteiger partial charge is 0.353 e. The topological polar surface area (TPSA) is 93.0 Å². The third kappa shape index (κ3) is 4.26. The predicted molar refractivity (Wildman–Crippen MR) is 86.8 cm³/mol. The molecule has 2 rings (SSSR count). The molecule has 23 heavy (non-hydrogen) atoms. The van der Waals surface area contributed by atoms with Crippen LogP contribution in [0.4, 0.5) is 27.4 Å². The minimum absolute atomic E-state index is 0.00618. The fourth-order valence-corrected chi connectivity index (χ4v) is 2.05. The molecule has 0 atom stereocenters. The van der Waals surface area contributed by atoms with Gasteiger partial charge in [-0.3, -0.25) is 10.1 Å². The highest BCUT2D eigenvalue weighted by molar-refractivity contribution is 6.31. The van der Waals surface area contributed by atoms with Crippen LogP contribution in [-0.4, -0.2) is 21.4 Å². The van der Waals surface area contributed by atoms with Crippen molar-refractivity contribution >= 4 is 34.6 Å². The molecule has 122 valence electrons. The summed E-state index contributed by atoms with van der Waals surface area (Å²) in [6, 6.07) is 3.91. The predicted octanol–water partition coefficient (Wildman–Crippen LogP) is 4.13. The lowest BCUT2D eigenvalue weighted by Gasteiger charge is -2.10. The summed E-state index contributed by atoms with van der Waals surface area (Å²) in [6.45, 7) is 2.58. The Bertz CT molecular complexity index is 714. The van der Waals surface area contributed by atoms with Gasteiger partial charge in [0, 0.05) is 12.2 Å². The molecule has 0 aliphatic carbocycles. The molecule has 9 heteroatoms. The van der Waals surface area contributed by atoms with Crippen LogP contribution in [0, 0.1) is 15.9 Å². The van der Waals surface area contributed by atoms with Crippen molar-refractivity contribution in [3.05, 3.63) is 45.5 Å². The lowest BCUT2D eigenvalue weighted by atomic mass is 10.3. The number of benzene rings is 1. The first-order chi connectivity index (χ1) is 11.0. The Hall–Kier alpha value is -2.48. The van der Waals surface area contributed by atoms with Gasteiger partial charge in [0.2, 0.25) is 11.6 Å². The van der Waals surface area contributed by atoms with Crippen LogP contribution in [0.15, 0.2) is 24.5 Å². The van der Waals surface area contributed by atoms with Gasteiger partial charge in [0.1, 0.15) is 12.1 Å². The lowest BCUT2D eigenvalue weighted by molar-refractivity contribution is -0.383. The summed E-state index contributed by atoms with van der Waals surface area (Å²) in [6.07, 6.45) is 3.03. The van der Waals surface area contributed by atoms with Gasteiger partial charge in [-0.1, -0.05) is 24.9 Å². The van der Waals surface area contributed by atoms with E-state index in [0.717, 1.165) is 18.9 Å². The minimum atomic E-state index is -0.573. The van der Waals surface area contributed by atoms with Crippen molar-refractivity contribution < 1.29 is 9.31 Å². The lowest BCUT2D eigenvalue weighted by Crippen LogP contribution is -2.09. The second-order valence-corrected chi connectivity index (χ2v) is 5.12. The molecule has 7 nitrogen and oxygen atoms in total. The molecule has 1 heterocycles. The molecule has 1 aromatic heterocycles. The molecule has 0 saturated heterocycles. The van der Waals surface area contributed by atoms with Gasteiger partial charge >= 0.3 is 5.69 Å². The standard InChI is InChI=1S/C14H15ClFN5O2/c1-2-3-6-17-13-12(21(22)23)14(19-8-18-13)20-9-4-5-11(16)10(15)7-9/h4-5,7-8H,2-3,6H2,1H3,(H2,17,18,19,20). The molecule has 1 aromatic carbocycles. The fourth-order valence-electron chi connectivity index (χ4n) is 1.87. The van der Waals surface area contributed by atoms with E-state index in [-0.39, 0.29) is 22.3 Å². The molecular weight excluding hydrogens is 325 g/mol. The first kappa shape index (κ1) is 16.9. The number of hydrogen-bond donors (Lipinski definition) is 2. The maximum absolute atomic E-state index is 13.2. The number of rotatable bonds is 7. The third-order valence-electron chi connectivity index (χ3n) is 3.01. The quantitative estimate of drug-likeness (QED) is 0.447. The van der Waals surface area contributed by atoms with Gasteiger partial charge < -0.3 is 10.6 Å². The van der Waals surface area contributed by atoms with E-state index in [1.807, 2.05) is 6.92 Å². The molecule has 0 aliphatic heterocycles. The molecule has 0 saturated carbocycles. The molecule has 2 aromatic rings. The average Bonchev–Trinajstić information content (AvgIpc) is 2.51. The van der Waals surface area contributed by atoms with E-state index in [2.05, 4.69) is 20.6 Å². The Morgan fingerprint density at radius 2 is 2.09 bits per heavy atom. The van der Waals surface area contributed by atoms with Gasteiger partial charge in [0.15, 0.2) is 0 Å². The van der Waals surface area contributed by atoms with E-state index in [4.69, 9.17) is 11.6 Å². The van der Waals surface area contributed by atoms with Crippen molar-refractivity contribution in [1.82, 2.24) is 9.97 Å². The number of unbranched alkanes of at least 4 members (excludes halogenated alkanes) is 1. The van der Waals surface area contributed by atoms with Crippen LogP contribution in [0.1, 0.15) is 19.8 Å². The second kappa shape index (κ2) is 7.68. The van der Waals surface area contributed by atoms with Crippen molar-refractivity contribution in [3.8, 4) is 0 Å². The summed E-state index contributed by atoms with van der Waals surface area (Å²) in [4.78, 5) is 18.6. The molecule has 0 aliphatic rings. The molecule has 0 unspecified atom stereocenters. The summed E-state index contributed by atoms with van der Waals surface area (Å²) in [5, 5.41) is 16.9. The number of nitrogens with zero attached hydrogens (tertiary/aromatic N) is 3. The molecule has 0 amide bonds. The Kier molecular flexibility index (Phi) is 5.64. The van der Waals surface area contributed by atoms with E-state index in [1.54, 1.807) is 0 Å². The van der Waals surface area contributed by atoms with Gasteiger partial charge in [-0.2, -0.15) is 0 Å². The third-order valence-corrected chi connectivity index (χ3v) is 3.30. The highest BCUT2D eigenvalue weighted by Crippen LogP contribution is 2.32. The molecule has 0 spiro atoms. The summed E-state index contributed by atoms with van der Waals surface area (Å²) in [7, 11) is 0. The largest absolute Gasteiger partial charge is 0.364 e. The van der Waals surface area contributed by atoms with E-state index in [1.165, 1.54) is 18.5 Å². The van der Waals surface area contributed by atoms with Crippen molar-refractivity contribution in [2.45, 2.75) is 19.8 Å². The van der Waals surface area contributed by atoms with Crippen molar-refractivity contribution in [2.75, 3.05) is 17.2 Å². The van der Waals surface area contributed by atoms with Crippen molar-refractivity contribution in [1.29, 1.82) is 0 Å². The van der Waals surface area contributed by atoms with Crippen LogP contribution in [0.5, 0.6) is 0 Å². The number of anilines is 3. The average molecular weight is 340 g/mol. The van der Waals surface area contributed by atoms with Crippen LogP contribution >= 0.6 is 11.6 Å². The monoisotopic (exact) mass is 339 g/mol. The zero-order chi connectivity index (χ0) is 16.8. The number of aromatic nitrogens is 2. The highest BCUT2D eigenvalue weighted by atomic mass is 35.5. The van der Waals surface area contributed by atoms with Crippen molar-refractivity contribution in [2.24, 2.45) is 0 Å². The van der Waals surface area contributed by atoms with Gasteiger partial charge in [0.05, 0.1) is 9.95 Å². The van der Waals surface area contributed by atoms with E-state index in [9.17, 15) is 14.5 Å². The van der Waals surface area contributed by atoms with Crippen LogP contribution in [0.3, 0.4) is 0 Å². The Balaban J connectivity index is 2.31. The highest BCUT2D eigenvalue weighted by Gasteiger charge is 2.23. The first-order valence-corrected chi connectivity index (χ1v) is 7.36. The van der Waals surface area contributed by atoms with Crippen LogP contribution in [0.25, 0.3) is 0 Å². The minimum Gasteiger partial charge on any atom is -0.364 e. The van der Waals surface area contributed by atoms with E-state index in [0.29, 0.717) is 12.2 Å². The van der Waals surface area contributed by atoms with Gasteiger partial charge in [-0.25, -0.2) is 14.4 Å². The molecule has 2 N–H and O–H groups in total. The maximum Gasteiger partial charge on any atom is 0.353 e. The van der Waals surface area contributed by atoms with E-state index < -0.39 is 10.7 Å². The summed E-state index contributed by atoms with van der Waals surface area (Å²) in [5.41, 5.74) is 0.113. The van der Waals surface area contributed by atoms with Crippen LogP contribution in [-0.2, 0) is 0 Å². The van der Waals surface area contributed by atoms with Crippen LogP contribution in [0.2, 0.25) is 5.02 Å². The number of nitrogens with one attached hydrogen (secondary N) is 2. The molecule has 0 fully saturated rings. The Morgan fingerprint density at radius 3 is 2.74 bits per heavy atom. The van der Waals surface area contributed by atoms with Gasteiger partial charge in [-0.15, -0.1) is 0 Å². The maximum atomic E-state index is 13.2. The molecule has 0 radical (unpaired) electrons. The normalized spacial score (nSPS) is 10.4. The number of nitro groups is 1. The first-order valence-electron chi connectivity index (χ1n) is 6.98. The summed E-state index contributed by atoms with van der Waals surface area (Å²) < 4.78 is 13.2. The van der Waals surface area contributed by atoms with Gasteiger partial charge in [-0.05, 0) is 24.6 Å². The molecular formula is C14H15ClFN5O2. The summed E-state index contributed by atoms with van der Waals surface area (Å²) >= 11 is 5.70. The van der Waals surface area contributed by atoms with E-state index >= 15 is 0 Å². The Labute approximate surface area is 137 Å². The number of hydrogen-bond acceptors (Lipinski definition) is 6. The zero-order valence-corrected chi connectivity index (χ0v) is 13.1. The Morgan fingerprint density at radius 1 is 1.35 bits per heavy atom. The number of halogens is 2. The van der Waals surface area contributed by atoms with Gasteiger partial charge in [0.25, 0.3) is 0 Å². The van der Waals surface area contributed by atoms with Crippen LogP contribution < -0.4 is 10.6 Å². The second-order valence-electron chi connectivity index (χ2n) is 4.71. The molecule has 0 bridgehead atoms. The SMILES string of the molecule is CCCCNc1ncnc(Nc2ccc(F)c(Cl)c2)c1[N+](=O)[O-]. The van der Waals surface area contributed by atoms with Crippen molar-refractivity contribution in [3.63, 3.8) is 0 Å². The fraction of sp³-hybridized carbons (Fsp3) is 0.286. The summed E-state index contributed by atoms with van der Waals surface area (Å²) in [5.74, 6) is -0.433.